The smallest absolute Gasteiger partial charge is 0.347 e. The third-order valence-electron chi connectivity index (χ3n) is 3.97. The van der Waals surface area contributed by atoms with Crippen LogP contribution in [0.25, 0.3) is 0 Å². The van der Waals surface area contributed by atoms with Gasteiger partial charge in [0, 0.05) is 10.6 Å². The van der Waals surface area contributed by atoms with E-state index in [2.05, 4.69) is 10.5 Å². The molecule has 0 aromatic heterocycles. The normalized spacial score (nSPS) is 12.3. The second-order valence-corrected chi connectivity index (χ2v) is 6.51. The number of rotatable bonds is 8. The van der Waals surface area contributed by atoms with Crippen LogP contribution in [-0.4, -0.2) is 44.7 Å². The van der Waals surface area contributed by atoms with Crippen LogP contribution in [0.5, 0.6) is 17.2 Å². The monoisotopic (exact) mass is 434 g/mol. The van der Waals surface area contributed by atoms with Gasteiger partial charge in [-0.15, -0.1) is 0 Å². The second kappa shape index (κ2) is 9.84. The Balaban J connectivity index is 1.44. The zero-order valence-electron chi connectivity index (χ0n) is 16.3. The average Bonchev–Trinajstić information content (AvgIpc) is 3.20. The Hall–Kier alpha value is -3.46. The maximum Gasteiger partial charge on any atom is 0.347 e. The number of methoxy groups -OCH3 is 1. The first kappa shape index (κ1) is 21.3. The minimum atomic E-state index is -0.745. The van der Waals surface area contributed by atoms with E-state index in [1.54, 1.807) is 37.3 Å². The van der Waals surface area contributed by atoms with Gasteiger partial charge in [0.2, 0.25) is 13.4 Å². The van der Waals surface area contributed by atoms with Crippen molar-refractivity contribution in [2.24, 2.45) is 5.16 Å². The number of hydrogen-bond acceptors (Lipinski definition) is 8. The summed E-state index contributed by atoms with van der Waals surface area (Å²) in [5, 5.41) is 6.86. The van der Waals surface area contributed by atoms with Gasteiger partial charge in [-0.2, -0.15) is 0 Å². The van der Waals surface area contributed by atoms with Gasteiger partial charge in [0.05, 0.1) is 18.5 Å². The van der Waals surface area contributed by atoms with Crippen LogP contribution in [0.2, 0.25) is 5.02 Å². The van der Waals surface area contributed by atoms with Gasteiger partial charge in [-0.05, 0) is 43.3 Å². The highest BCUT2D eigenvalue weighted by atomic mass is 35.5. The third-order valence-corrected chi connectivity index (χ3v) is 4.21. The molecule has 1 aliphatic rings. The van der Waals surface area contributed by atoms with Crippen LogP contribution in [-0.2, 0) is 19.2 Å². The van der Waals surface area contributed by atoms with Gasteiger partial charge in [-0.1, -0.05) is 16.8 Å². The van der Waals surface area contributed by atoms with Gasteiger partial charge in [-0.25, -0.2) is 4.79 Å². The molecule has 0 unspecified atom stereocenters. The van der Waals surface area contributed by atoms with E-state index in [1.807, 2.05) is 0 Å². The predicted octanol–water partition coefficient (Wildman–Crippen LogP) is 3.00. The molecule has 3 rings (SSSR count). The SMILES string of the molecule is COc1ccc(Cl)cc1NC(=O)COC(=O)CO/N=C(\C)c1ccc2c(c1)OCO2. The molecular weight excluding hydrogens is 416 g/mol. The van der Waals surface area contributed by atoms with Gasteiger partial charge in [0.15, 0.2) is 18.1 Å². The number of esters is 1. The number of anilines is 1. The third kappa shape index (κ3) is 5.54. The molecule has 30 heavy (non-hydrogen) atoms. The second-order valence-electron chi connectivity index (χ2n) is 6.07. The number of benzene rings is 2. The van der Waals surface area contributed by atoms with Crippen molar-refractivity contribution in [2.45, 2.75) is 6.92 Å². The van der Waals surface area contributed by atoms with Crippen molar-refractivity contribution in [3.63, 3.8) is 0 Å². The topological polar surface area (TPSA) is 105 Å². The molecule has 0 spiro atoms. The first-order valence-electron chi connectivity index (χ1n) is 8.82. The van der Waals surface area contributed by atoms with Gasteiger partial charge in [-0.3, -0.25) is 4.79 Å². The molecule has 0 radical (unpaired) electrons. The number of amides is 1. The van der Waals surface area contributed by atoms with Gasteiger partial charge >= 0.3 is 5.97 Å². The van der Waals surface area contributed by atoms with Crippen molar-refractivity contribution < 1.29 is 33.4 Å². The number of nitrogens with zero attached hydrogens (tertiary/aromatic N) is 1. The summed E-state index contributed by atoms with van der Waals surface area (Å²) < 4.78 is 20.6. The first-order chi connectivity index (χ1) is 14.5. The van der Waals surface area contributed by atoms with Crippen molar-refractivity contribution in [1.29, 1.82) is 0 Å². The van der Waals surface area contributed by atoms with Crippen LogP contribution in [0.4, 0.5) is 5.69 Å². The number of nitrogens with one attached hydrogen (secondary N) is 1. The van der Waals surface area contributed by atoms with Crippen LogP contribution < -0.4 is 19.5 Å². The van der Waals surface area contributed by atoms with Crippen molar-refractivity contribution in [1.82, 2.24) is 0 Å². The zero-order valence-corrected chi connectivity index (χ0v) is 17.0. The first-order valence-corrected chi connectivity index (χ1v) is 9.19. The molecule has 158 valence electrons. The summed E-state index contributed by atoms with van der Waals surface area (Å²) in [6.45, 7) is 0.946. The molecule has 2 aromatic carbocycles. The molecule has 0 aliphatic carbocycles. The summed E-state index contributed by atoms with van der Waals surface area (Å²) in [4.78, 5) is 28.8. The van der Waals surface area contributed by atoms with E-state index in [9.17, 15) is 9.59 Å². The lowest BCUT2D eigenvalue weighted by atomic mass is 10.1. The molecule has 9 nitrogen and oxygen atoms in total. The van der Waals surface area contributed by atoms with Crippen LogP contribution in [0.3, 0.4) is 0 Å². The summed E-state index contributed by atoms with van der Waals surface area (Å²) in [5.74, 6) is 0.402. The Morgan fingerprint density at radius 1 is 1.13 bits per heavy atom. The van der Waals surface area contributed by atoms with Crippen LogP contribution in [0.15, 0.2) is 41.6 Å². The lowest BCUT2D eigenvalue weighted by molar-refractivity contribution is -0.151. The molecule has 1 N–H and O–H groups in total. The van der Waals surface area contributed by atoms with E-state index < -0.39 is 25.1 Å². The molecule has 1 aliphatic heterocycles. The van der Waals surface area contributed by atoms with E-state index in [1.165, 1.54) is 13.2 Å². The van der Waals surface area contributed by atoms with Crippen molar-refractivity contribution in [3.05, 3.63) is 47.0 Å². The lowest BCUT2D eigenvalue weighted by Crippen LogP contribution is -2.22. The molecular formula is C20H19ClN2O7. The number of halogens is 1. The standard InChI is InChI=1S/C20H19ClN2O7/c1-12(13-3-5-17-18(7-13)29-11-28-17)23-30-10-20(25)27-9-19(24)22-15-8-14(21)4-6-16(15)26-2/h3-8H,9-11H2,1-2H3,(H,22,24)/b23-12+. The largest absolute Gasteiger partial charge is 0.495 e. The highest BCUT2D eigenvalue weighted by Gasteiger charge is 2.15. The highest BCUT2D eigenvalue weighted by molar-refractivity contribution is 6.31. The van der Waals surface area contributed by atoms with Crippen LogP contribution in [0.1, 0.15) is 12.5 Å². The van der Waals surface area contributed by atoms with Crippen molar-refractivity contribution >= 4 is 34.9 Å². The molecule has 1 amide bonds. The predicted molar refractivity (Wildman–Crippen MR) is 108 cm³/mol. The lowest BCUT2D eigenvalue weighted by Gasteiger charge is -2.10. The van der Waals surface area contributed by atoms with Gasteiger partial charge in [0.1, 0.15) is 5.75 Å². The van der Waals surface area contributed by atoms with Crippen LogP contribution in [0, 0.1) is 0 Å². The number of ether oxygens (including phenoxy) is 4. The van der Waals surface area contributed by atoms with E-state index in [-0.39, 0.29) is 6.79 Å². The quantitative estimate of drug-likeness (QED) is 0.387. The average molecular weight is 435 g/mol. The highest BCUT2D eigenvalue weighted by Crippen LogP contribution is 2.32. The maximum absolute atomic E-state index is 12.0. The summed E-state index contributed by atoms with van der Waals surface area (Å²) in [5.41, 5.74) is 1.65. The summed E-state index contributed by atoms with van der Waals surface area (Å²) >= 11 is 5.91. The molecule has 1 heterocycles. The Bertz CT molecular complexity index is 978. The summed E-state index contributed by atoms with van der Waals surface area (Å²) in [6.07, 6.45) is 0. The summed E-state index contributed by atoms with van der Waals surface area (Å²) in [6, 6.07) is 10.1. The van der Waals surface area contributed by atoms with Crippen molar-refractivity contribution in [3.8, 4) is 17.2 Å². The molecule has 0 bridgehead atoms. The molecule has 0 saturated heterocycles. The molecule has 0 saturated carbocycles. The number of fused-ring (bicyclic) bond motifs is 1. The maximum atomic E-state index is 12.0. The number of carbonyl (C=O) groups excluding carboxylic acids is 2. The molecule has 2 aromatic rings. The van der Waals surface area contributed by atoms with E-state index in [0.29, 0.717) is 33.7 Å². The minimum absolute atomic E-state index is 0.176. The Morgan fingerprint density at radius 3 is 2.73 bits per heavy atom. The molecule has 0 fully saturated rings. The zero-order chi connectivity index (χ0) is 21.5. The molecule has 10 heteroatoms. The Labute approximate surface area is 177 Å². The fraction of sp³-hybridized carbons (Fsp3) is 0.250. The Kier molecular flexibility index (Phi) is 6.97. The molecule has 0 atom stereocenters. The fourth-order valence-electron chi connectivity index (χ4n) is 2.51. The van der Waals surface area contributed by atoms with Gasteiger partial charge < -0.3 is 29.1 Å². The Morgan fingerprint density at radius 2 is 1.93 bits per heavy atom. The fourth-order valence-corrected chi connectivity index (χ4v) is 2.68. The van der Waals surface area contributed by atoms with Crippen LogP contribution >= 0.6 is 11.6 Å². The number of carbonyl (C=O) groups is 2. The van der Waals surface area contributed by atoms with Gasteiger partial charge in [0.25, 0.3) is 5.91 Å². The van der Waals surface area contributed by atoms with E-state index in [0.717, 1.165) is 5.56 Å². The number of oxime groups is 1. The van der Waals surface area contributed by atoms with E-state index >= 15 is 0 Å². The number of hydrogen-bond donors (Lipinski definition) is 1. The minimum Gasteiger partial charge on any atom is -0.495 e. The summed E-state index contributed by atoms with van der Waals surface area (Å²) in [7, 11) is 1.46. The van der Waals surface area contributed by atoms with Crippen molar-refractivity contribution in [2.75, 3.05) is 32.4 Å². The van der Waals surface area contributed by atoms with E-state index in [4.69, 9.17) is 35.4 Å².